The Bertz CT molecular complexity index is 1050. The van der Waals surface area contributed by atoms with Crippen molar-refractivity contribution < 1.29 is 22.8 Å². The number of halogens is 3. The lowest BCUT2D eigenvalue weighted by Gasteiger charge is -2.21. The monoisotopic (exact) mass is 405 g/mol. The van der Waals surface area contributed by atoms with Gasteiger partial charge in [-0.1, -0.05) is 24.3 Å². The maximum absolute atomic E-state index is 13.7. The van der Waals surface area contributed by atoms with E-state index in [0.717, 1.165) is 6.07 Å². The fourth-order valence-electron chi connectivity index (χ4n) is 2.81. The average Bonchev–Trinajstić information content (AvgIpc) is 3.11. The molecule has 0 aliphatic heterocycles. The Labute approximate surface area is 164 Å². The molecule has 0 unspecified atom stereocenters. The van der Waals surface area contributed by atoms with Gasteiger partial charge >= 0.3 is 0 Å². The van der Waals surface area contributed by atoms with Crippen LogP contribution in [0.4, 0.5) is 18.9 Å². The predicted octanol–water partition coefficient (Wildman–Crippen LogP) is 2.73. The number of rotatable bonds is 7. The molecule has 2 amide bonds. The van der Waals surface area contributed by atoms with Crippen LogP contribution in [0.25, 0.3) is 11.0 Å². The minimum absolute atomic E-state index is 0.132. The molecule has 7 nitrogen and oxygen atoms in total. The van der Waals surface area contributed by atoms with Crippen molar-refractivity contribution in [2.75, 3.05) is 18.4 Å². The lowest BCUT2D eigenvalue weighted by atomic mass is 10.2. The number of aromatic nitrogens is 3. The molecule has 0 aliphatic rings. The zero-order valence-corrected chi connectivity index (χ0v) is 15.5. The van der Waals surface area contributed by atoms with E-state index in [2.05, 4.69) is 15.6 Å². The minimum atomic E-state index is -1.68. The zero-order valence-electron chi connectivity index (χ0n) is 15.5. The van der Waals surface area contributed by atoms with Crippen molar-refractivity contribution in [3.8, 4) is 0 Å². The van der Waals surface area contributed by atoms with Crippen LogP contribution in [0.5, 0.6) is 0 Å². The van der Waals surface area contributed by atoms with Gasteiger partial charge in [0.2, 0.25) is 11.8 Å². The van der Waals surface area contributed by atoms with Crippen LogP contribution in [0.1, 0.15) is 13.3 Å². The van der Waals surface area contributed by atoms with Crippen LogP contribution < -0.4 is 5.32 Å². The summed E-state index contributed by atoms with van der Waals surface area (Å²) < 4.78 is 41.5. The molecule has 29 heavy (non-hydrogen) atoms. The van der Waals surface area contributed by atoms with Crippen LogP contribution in [-0.2, 0) is 16.1 Å². The lowest BCUT2D eigenvalue weighted by molar-refractivity contribution is -0.135. The maximum atomic E-state index is 13.7. The molecule has 0 saturated carbocycles. The molecule has 10 heteroatoms. The van der Waals surface area contributed by atoms with Crippen molar-refractivity contribution in [1.82, 2.24) is 19.9 Å². The summed E-state index contributed by atoms with van der Waals surface area (Å²) in [6.07, 6.45) is 0.580. The molecular weight excluding hydrogens is 387 g/mol. The third-order valence-electron chi connectivity index (χ3n) is 4.20. The number of carbonyl (C=O) groups excluding carboxylic acids is 2. The van der Waals surface area contributed by atoms with E-state index in [1.165, 1.54) is 9.58 Å². The average molecular weight is 405 g/mol. The molecule has 152 valence electrons. The number of hydrogen-bond acceptors (Lipinski definition) is 4. The largest absolute Gasteiger partial charge is 0.332 e. The third-order valence-corrected chi connectivity index (χ3v) is 4.20. The molecule has 0 fully saturated rings. The Balaban J connectivity index is 1.69. The first-order chi connectivity index (χ1) is 13.9. The summed E-state index contributed by atoms with van der Waals surface area (Å²) in [5.41, 5.74) is 0.805. The smallest absolute Gasteiger partial charge is 0.244 e. The highest BCUT2D eigenvalue weighted by Gasteiger charge is 2.20. The van der Waals surface area contributed by atoms with Crippen molar-refractivity contribution in [2.45, 2.75) is 19.9 Å². The molecule has 2 aromatic carbocycles. The summed E-state index contributed by atoms with van der Waals surface area (Å²) in [7, 11) is 0. The zero-order chi connectivity index (χ0) is 21.0. The van der Waals surface area contributed by atoms with Gasteiger partial charge in [-0.15, -0.1) is 5.10 Å². The van der Waals surface area contributed by atoms with Gasteiger partial charge in [0.25, 0.3) is 0 Å². The van der Waals surface area contributed by atoms with Crippen molar-refractivity contribution in [2.24, 2.45) is 0 Å². The Hall–Kier alpha value is -3.43. The van der Waals surface area contributed by atoms with E-state index in [1.807, 2.05) is 6.92 Å². The Morgan fingerprint density at radius 2 is 1.86 bits per heavy atom. The summed E-state index contributed by atoms with van der Waals surface area (Å²) in [4.78, 5) is 26.2. The Morgan fingerprint density at radius 3 is 2.62 bits per heavy atom. The summed E-state index contributed by atoms with van der Waals surface area (Å²) in [5, 5.41) is 10.1. The van der Waals surface area contributed by atoms with Crippen molar-refractivity contribution in [3.05, 3.63) is 53.8 Å². The standard InChI is InChI=1S/C19H18F3N5O2/c1-2-9-26(10-16(28)23-14-8-7-12(20)18(21)19(14)22)17(29)11-27-15-6-4-3-5-13(15)24-25-27/h3-8H,2,9-11H2,1H3,(H,23,28). The minimum Gasteiger partial charge on any atom is -0.332 e. The van der Waals surface area contributed by atoms with E-state index < -0.39 is 29.0 Å². The summed E-state index contributed by atoms with van der Waals surface area (Å²) >= 11 is 0. The molecular formula is C19H18F3N5O2. The molecule has 1 aromatic heterocycles. The van der Waals surface area contributed by atoms with Crippen LogP contribution in [0.15, 0.2) is 36.4 Å². The van der Waals surface area contributed by atoms with E-state index in [1.54, 1.807) is 24.3 Å². The van der Waals surface area contributed by atoms with Gasteiger partial charge in [-0.2, -0.15) is 0 Å². The van der Waals surface area contributed by atoms with Gasteiger partial charge in [0.1, 0.15) is 12.1 Å². The van der Waals surface area contributed by atoms with E-state index in [4.69, 9.17) is 0 Å². The fourth-order valence-corrected chi connectivity index (χ4v) is 2.81. The number of amides is 2. The summed E-state index contributed by atoms with van der Waals surface area (Å²) in [5.74, 6) is -5.66. The van der Waals surface area contributed by atoms with Gasteiger partial charge in [-0.05, 0) is 30.7 Å². The highest BCUT2D eigenvalue weighted by molar-refractivity contribution is 5.94. The van der Waals surface area contributed by atoms with Gasteiger partial charge in [-0.25, -0.2) is 17.9 Å². The van der Waals surface area contributed by atoms with Gasteiger partial charge in [0.15, 0.2) is 17.5 Å². The van der Waals surface area contributed by atoms with Crippen LogP contribution in [-0.4, -0.2) is 44.8 Å². The van der Waals surface area contributed by atoms with E-state index in [-0.39, 0.29) is 25.5 Å². The van der Waals surface area contributed by atoms with Gasteiger partial charge < -0.3 is 10.2 Å². The van der Waals surface area contributed by atoms with Crippen molar-refractivity contribution in [1.29, 1.82) is 0 Å². The maximum Gasteiger partial charge on any atom is 0.244 e. The molecule has 0 spiro atoms. The van der Waals surface area contributed by atoms with Crippen LogP contribution >= 0.6 is 0 Å². The second-order valence-electron chi connectivity index (χ2n) is 6.32. The van der Waals surface area contributed by atoms with E-state index >= 15 is 0 Å². The fraction of sp³-hybridized carbons (Fsp3) is 0.263. The van der Waals surface area contributed by atoms with Crippen molar-refractivity contribution in [3.63, 3.8) is 0 Å². The molecule has 0 aliphatic carbocycles. The first-order valence-electron chi connectivity index (χ1n) is 8.90. The second kappa shape index (κ2) is 8.72. The number of para-hydroxylation sites is 1. The molecule has 0 bridgehead atoms. The first-order valence-corrected chi connectivity index (χ1v) is 8.90. The second-order valence-corrected chi connectivity index (χ2v) is 6.32. The SMILES string of the molecule is CCCN(CC(=O)Nc1ccc(F)c(F)c1F)C(=O)Cn1nnc2ccccc21. The number of nitrogens with zero attached hydrogens (tertiary/aromatic N) is 4. The number of benzene rings is 2. The first kappa shape index (κ1) is 20.3. The quantitative estimate of drug-likeness (QED) is 0.613. The van der Waals surface area contributed by atoms with E-state index in [9.17, 15) is 22.8 Å². The third kappa shape index (κ3) is 4.53. The number of hydrogen-bond donors (Lipinski definition) is 1. The van der Waals surface area contributed by atoms with Crippen LogP contribution in [0, 0.1) is 17.5 Å². The van der Waals surface area contributed by atoms with Gasteiger partial charge in [-0.3, -0.25) is 9.59 Å². The summed E-state index contributed by atoms with van der Waals surface area (Å²) in [6.45, 7) is 1.60. The number of carbonyl (C=O) groups is 2. The topological polar surface area (TPSA) is 80.1 Å². The predicted molar refractivity (Wildman–Crippen MR) is 99.3 cm³/mol. The highest BCUT2D eigenvalue weighted by atomic mass is 19.2. The molecule has 3 rings (SSSR count). The molecule has 1 heterocycles. The molecule has 3 aromatic rings. The Morgan fingerprint density at radius 1 is 1.10 bits per heavy atom. The lowest BCUT2D eigenvalue weighted by Crippen LogP contribution is -2.40. The molecule has 1 N–H and O–H groups in total. The molecule has 0 atom stereocenters. The summed E-state index contributed by atoms with van der Waals surface area (Å²) in [6, 6.07) is 8.74. The highest BCUT2D eigenvalue weighted by Crippen LogP contribution is 2.19. The van der Waals surface area contributed by atoms with Crippen LogP contribution in [0.2, 0.25) is 0 Å². The van der Waals surface area contributed by atoms with Gasteiger partial charge in [0, 0.05) is 6.54 Å². The number of fused-ring (bicyclic) bond motifs is 1. The number of anilines is 1. The molecule has 0 radical (unpaired) electrons. The van der Waals surface area contributed by atoms with E-state index in [0.29, 0.717) is 23.5 Å². The van der Waals surface area contributed by atoms with Crippen LogP contribution in [0.3, 0.4) is 0 Å². The number of nitrogens with one attached hydrogen (secondary N) is 1. The normalized spacial score (nSPS) is 10.9. The van der Waals surface area contributed by atoms with Crippen molar-refractivity contribution >= 4 is 28.5 Å². The molecule has 0 saturated heterocycles. The Kier molecular flexibility index (Phi) is 6.10. The van der Waals surface area contributed by atoms with Gasteiger partial charge in [0.05, 0.1) is 17.7 Å².